The van der Waals surface area contributed by atoms with E-state index in [1.165, 1.54) is 4.57 Å². The molecule has 0 aliphatic carbocycles. The minimum absolute atomic E-state index is 0.123. The monoisotopic (exact) mass is 431 g/mol. The molecule has 0 unspecified atom stereocenters. The van der Waals surface area contributed by atoms with Gasteiger partial charge in [-0.15, -0.1) is 0 Å². The van der Waals surface area contributed by atoms with Gasteiger partial charge >= 0.3 is 0 Å². The molecule has 7 heteroatoms. The third-order valence-electron chi connectivity index (χ3n) is 4.26. The lowest BCUT2D eigenvalue weighted by molar-refractivity contribution is 0.0785. The topological polar surface area (TPSA) is 58.1 Å². The fraction of sp³-hybridized carbons (Fsp3) is 0.211. The summed E-state index contributed by atoms with van der Waals surface area (Å²) in [6.45, 7) is 2.84. The van der Waals surface area contributed by atoms with Crippen molar-refractivity contribution in [2.45, 2.75) is 20.0 Å². The van der Waals surface area contributed by atoms with E-state index in [2.05, 4.69) is 20.9 Å². The standard InChI is InChI=1S/C19H18BrN3O2S/c1-3-23-18(25)14-9-8-12(10-16(14)21-19(23)26)17(24)22(2)11-13-6-4-5-7-15(13)20/h4-10H,3,11H2,1-2H3,(H,21,26). The molecule has 0 atom stereocenters. The van der Waals surface area contributed by atoms with Crippen LogP contribution in [0.25, 0.3) is 10.9 Å². The molecule has 0 spiro atoms. The van der Waals surface area contributed by atoms with Crippen LogP contribution in [0.5, 0.6) is 0 Å². The van der Waals surface area contributed by atoms with Crippen LogP contribution < -0.4 is 5.56 Å². The highest BCUT2D eigenvalue weighted by atomic mass is 79.9. The van der Waals surface area contributed by atoms with Crippen molar-refractivity contribution in [3.8, 4) is 0 Å². The number of rotatable bonds is 4. The average molecular weight is 432 g/mol. The van der Waals surface area contributed by atoms with Crippen molar-refractivity contribution in [3.63, 3.8) is 0 Å². The van der Waals surface area contributed by atoms with Crippen LogP contribution in [0.3, 0.4) is 0 Å². The van der Waals surface area contributed by atoms with Crippen molar-refractivity contribution in [2.24, 2.45) is 0 Å². The van der Waals surface area contributed by atoms with Crippen LogP contribution in [0.1, 0.15) is 22.8 Å². The van der Waals surface area contributed by atoms with Gasteiger partial charge in [0.15, 0.2) is 4.77 Å². The first kappa shape index (κ1) is 18.5. The smallest absolute Gasteiger partial charge is 0.262 e. The molecule has 1 aromatic heterocycles. The van der Waals surface area contributed by atoms with Crippen LogP contribution in [0.15, 0.2) is 51.7 Å². The number of fused-ring (bicyclic) bond motifs is 1. The van der Waals surface area contributed by atoms with Gasteiger partial charge in [0.1, 0.15) is 0 Å². The first-order chi connectivity index (χ1) is 12.4. The van der Waals surface area contributed by atoms with E-state index >= 15 is 0 Å². The van der Waals surface area contributed by atoms with E-state index in [0.717, 1.165) is 10.0 Å². The van der Waals surface area contributed by atoms with E-state index in [4.69, 9.17) is 12.2 Å². The number of nitrogens with one attached hydrogen (secondary N) is 1. The van der Waals surface area contributed by atoms with Gasteiger partial charge in [0.05, 0.1) is 10.9 Å². The molecule has 0 radical (unpaired) electrons. The minimum Gasteiger partial charge on any atom is -0.337 e. The largest absolute Gasteiger partial charge is 0.337 e. The molecule has 26 heavy (non-hydrogen) atoms. The van der Waals surface area contributed by atoms with Crippen LogP contribution in [0.2, 0.25) is 0 Å². The molecule has 134 valence electrons. The predicted octanol–water partition coefficient (Wildman–Crippen LogP) is 4.11. The highest BCUT2D eigenvalue weighted by Gasteiger charge is 2.15. The minimum atomic E-state index is -0.146. The highest BCUT2D eigenvalue weighted by molar-refractivity contribution is 9.10. The first-order valence-electron chi connectivity index (χ1n) is 8.18. The number of carbonyl (C=O) groups excluding carboxylic acids is 1. The molecule has 5 nitrogen and oxygen atoms in total. The normalized spacial score (nSPS) is 10.9. The van der Waals surface area contributed by atoms with Crippen LogP contribution in [-0.2, 0) is 13.1 Å². The number of nitrogens with zero attached hydrogens (tertiary/aromatic N) is 2. The number of aromatic amines is 1. The summed E-state index contributed by atoms with van der Waals surface area (Å²) in [7, 11) is 1.75. The fourth-order valence-corrected chi connectivity index (χ4v) is 3.58. The van der Waals surface area contributed by atoms with E-state index in [-0.39, 0.29) is 11.5 Å². The Morgan fingerprint density at radius 3 is 2.69 bits per heavy atom. The molecule has 1 amide bonds. The lowest BCUT2D eigenvalue weighted by atomic mass is 10.1. The summed E-state index contributed by atoms with van der Waals surface area (Å²) in [5.74, 6) is -0.123. The Morgan fingerprint density at radius 1 is 1.27 bits per heavy atom. The fourth-order valence-electron chi connectivity index (χ4n) is 2.85. The molecular formula is C19H18BrN3O2S. The average Bonchev–Trinajstić information content (AvgIpc) is 2.62. The predicted molar refractivity (Wildman–Crippen MR) is 109 cm³/mol. The zero-order chi connectivity index (χ0) is 18.8. The number of hydrogen-bond acceptors (Lipinski definition) is 3. The Kier molecular flexibility index (Phi) is 5.38. The van der Waals surface area contributed by atoms with Gasteiger partial charge in [0.25, 0.3) is 11.5 Å². The summed E-state index contributed by atoms with van der Waals surface area (Å²) in [6.07, 6.45) is 0. The SMILES string of the molecule is CCn1c(=S)[nH]c2cc(C(=O)N(C)Cc3ccccc3Br)ccc2c1=O. The Labute approximate surface area is 164 Å². The molecule has 0 aliphatic rings. The zero-order valence-electron chi connectivity index (χ0n) is 14.5. The Balaban J connectivity index is 1.95. The summed E-state index contributed by atoms with van der Waals surface area (Å²) in [6, 6.07) is 12.8. The number of amides is 1. The second-order valence-corrected chi connectivity index (χ2v) is 7.23. The number of H-pyrrole nitrogens is 1. The van der Waals surface area contributed by atoms with Crippen LogP contribution >= 0.6 is 28.1 Å². The van der Waals surface area contributed by atoms with Gasteiger partial charge < -0.3 is 9.88 Å². The molecular weight excluding hydrogens is 414 g/mol. The van der Waals surface area contributed by atoms with Crippen molar-refractivity contribution < 1.29 is 4.79 Å². The maximum absolute atomic E-state index is 12.8. The maximum Gasteiger partial charge on any atom is 0.262 e. The van der Waals surface area contributed by atoms with Crippen molar-refractivity contribution in [3.05, 3.63) is 73.2 Å². The Morgan fingerprint density at radius 2 is 2.00 bits per heavy atom. The van der Waals surface area contributed by atoms with Crippen molar-refractivity contribution >= 4 is 45.0 Å². The molecule has 3 aromatic rings. The number of hydrogen-bond donors (Lipinski definition) is 1. The summed E-state index contributed by atoms with van der Waals surface area (Å²) in [5, 5.41) is 0.519. The van der Waals surface area contributed by atoms with Gasteiger partial charge in [-0.05, 0) is 49.0 Å². The van der Waals surface area contributed by atoms with Gasteiger partial charge in [-0.2, -0.15) is 0 Å². The third kappa shape index (κ3) is 3.50. The third-order valence-corrected chi connectivity index (χ3v) is 5.35. The summed E-state index contributed by atoms with van der Waals surface area (Å²) >= 11 is 8.74. The number of benzene rings is 2. The number of aromatic nitrogens is 2. The zero-order valence-corrected chi connectivity index (χ0v) is 16.9. The van der Waals surface area contributed by atoms with Gasteiger partial charge in [0.2, 0.25) is 0 Å². The molecule has 0 saturated heterocycles. The summed E-state index contributed by atoms with van der Waals surface area (Å²) in [5.41, 5.74) is 1.96. The molecule has 1 N–H and O–H groups in total. The lowest BCUT2D eigenvalue weighted by Crippen LogP contribution is -2.26. The molecule has 1 heterocycles. The summed E-state index contributed by atoms with van der Waals surface area (Å²) in [4.78, 5) is 29.9. The van der Waals surface area contributed by atoms with E-state index in [9.17, 15) is 9.59 Å². The van der Waals surface area contributed by atoms with Gasteiger partial charge in [-0.3, -0.25) is 14.2 Å². The molecule has 2 aromatic carbocycles. The Hall–Kier alpha value is -2.25. The van der Waals surface area contributed by atoms with Crippen LogP contribution in [0.4, 0.5) is 0 Å². The van der Waals surface area contributed by atoms with E-state index in [1.54, 1.807) is 30.1 Å². The molecule has 0 saturated carbocycles. The molecule has 0 fully saturated rings. The van der Waals surface area contributed by atoms with Crippen molar-refractivity contribution in [1.82, 2.24) is 14.5 Å². The van der Waals surface area contributed by atoms with Gasteiger partial charge in [0, 0.05) is 30.2 Å². The van der Waals surface area contributed by atoms with E-state index < -0.39 is 0 Å². The Bertz CT molecular complexity index is 1100. The van der Waals surface area contributed by atoms with Crippen molar-refractivity contribution in [2.75, 3.05) is 7.05 Å². The first-order valence-corrected chi connectivity index (χ1v) is 9.38. The second-order valence-electron chi connectivity index (χ2n) is 5.99. The number of halogens is 1. The molecule has 0 aliphatic heterocycles. The lowest BCUT2D eigenvalue weighted by Gasteiger charge is -2.18. The maximum atomic E-state index is 12.8. The van der Waals surface area contributed by atoms with Crippen LogP contribution in [0, 0.1) is 4.77 Å². The molecule has 0 bridgehead atoms. The van der Waals surface area contributed by atoms with Gasteiger partial charge in [-0.25, -0.2) is 0 Å². The van der Waals surface area contributed by atoms with Gasteiger partial charge in [-0.1, -0.05) is 34.1 Å². The van der Waals surface area contributed by atoms with Crippen LogP contribution in [-0.4, -0.2) is 27.4 Å². The van der Waals surface area contributed by atoms with Crippen molar-refractivity contribution in [1.29, 1.82) is 0 Å². The van der Waals surface area contributed by atoms with E-state index in [1.807, 2.05) is 31.2 Å². The second kappa shape index (κ2) is 7.55. The highest BCUT2D eigenvalue weighted by Crippen LogP contribution is 2.19. The number of carbonyl (C=O) groups is 1. The summed E-state index contributed by atoms with van der Waals surface area (Å²) < 4.78 is 2.82. The quantitative estimate of drug-likeness (QED) is 0.632. The molecule has 3 rings (SSSR count). The van der Waals surface area contributed by atoms with E-state index in [0.29, 0.717) is 34.3 Å².